The Kier molecular flexibility index (Phi) is 4.58. The van der Waals surface area contributed by atoms with Crippen molar-refractivity contribution in [1.82, 2.24) is 0 Å². The van der Waals surface area contributed by atoms with Crippen molar-refractivity contribution in [3.05, 3.63) is 64.6 Å². The maximum absolute atomic E-state index is 12.8. The van der Waals surface area contributed by atoms with E-state index in [1.807, 2.05) is 12.1 Å². The van der Waals surface area contributed by atoms with E-state index in [4.69, 9.17) is 5.26 Å². The van der Waals surface area contributed by atoms with Gasteiger partial charge >= 0.3 is 0 Å². The fourth-order valence-corrected chi connectivity index (χ4v) is 4.67. The minimum Gasteiger partial charge on any atom is -0.223 e. The summed E-state index contributed by atoms with van der Waals surface area (Å²) in [5.74, 6) is 0. The van der Waals surface area contributed by atoms with Crippen molar-refractivity contribution in [1.29, 1.82) is 5.26 Å². The average Bonchev–Trinajstić information content (AvgIpc) is 2.45. The molecular weight excluding hydrogens is 338 g/mol. The molecule has 0 heterocycles. The first kappa shape index (κ1) is 14.8. The summed E-state index contributed by atoms with van der Waals surface area (Å²) < 4.78 is 26.0. The van der Waals surface area contributed by atoms with Crippen molar-refractivity contribution in [2.75, 3.05) is 0 Å². The lowest BCUT2D eigenvalue weighted by Gasteiger charge is -2.16. The van der Waals surface area contributed by atoms with Crippen molar-refractivity contribution in [2.45, 2.75) is 16.6 Å². The van der Waals surface area contributed by atoms with Crippen LogP contribution in [0.2, 0.25) is 0 Å². The Labute approximate surface area is 126 Å². The van der Waals surface area contributed by atoms with Gasteiger partial charge in [0.25, 0.3) is 0 Å². The molecule has 1 atom stereocenters. The van der Waals surface area contributed by atoms with Crippen LogP contribution in [0.25, 0.3) is 0 Å². The smallest absolute Gasteiger partial charge is 0.187 e. The third-order valence-electron chi connectivity index (χ3n) is 2.97. The zero-order chi connectivity index (χ0) is 14.6. The van der Waals surface area contributed by atoms with Crippen LogP contribution in [0, 0.1) is 11.3 Å². The molecule has 2 aromatic carbocycles. The molecule has 0 bridgehead atoms. The number of benzene rings is 2. The molecule has 0 amide bonds. The Morgan fingerprint density at radius 2 is 1.65 bits per heavy atom. The molecule has 0 aliphatic rings. The molecule has 0 saturated carbocycles. The second-order valence-corrected chi connectivity index (χ2v) is 7.19. The van der Waals surface area contributed by atoms with E-state index in [1.165, 1.54) is 0 Å². The van der Waals surface area contributed by atoms with Crippen molar-refractivity contribution in [3.63, 3.8) is 0 Å². The molecule has 1 unspecified atom stereocenters. The highest BCUT2D eigenvalue weighted by molar-refractivity contribution is 9.10. The standard InChI is InChI=1S/C15H12BrNO2S/c16-13-8-4-5-9-15(13)20(18,19)14(10-11-17)12-6-2-1-3-7-12/h1-9,14H,10H2. The van der Waals surface area contributed by atoms with E-state index in [0.29, 0.717) is 10.0 Å². The molecule has 0 spiro atoms. The Bertz CT molecular complexity index is 736. The van der Waals surface area contributed by atoms with Gasteiger partial charge in [-0.15, -0.1) is 0 Å². The van der Waals surface area contributed by atoms with Gasteiger partial charge in [-0.1, -0.05) is 42.5 Å². The van der Waals surface area contributed by atoms with Crippen LogP contribution < -0.4 is 0 Å². The Morgan fingerprint density at radius 3 is 2.25 bits per heavy atom. The molecule has 0 aromatic heterocycles. The highest BCUT2D eigenvalue weighted by Crippen LogP contribution is 2.34. The largest absolute Gasteiger partial charge is 0.223 e. The molecule has 0 aliphatic heterocycles. The Balaban J connectivity index is 2.55. The Hall–Kier alpha value is -1.64. The van der Waals surface area contributed by atoms with Gasteiger partial charge in [0, 0.05) is 4.47 Å². The van der Waals surface area contributed by atoms with Crippen molar-refractivity contribution < 1.29 is 8.42 Å². The summed E-state index contributed by atoms with van der Waals surface area (Å²) in [5, 5.41) is 8.10. The summed E-state index contributed by atoms with van der Waals surface area (Å²) in [5.41, 5.74) is 0.629. The summed E-state index contributed by atoms with van der Waals surface area (Å²) in [4.78, 5) is 0.212. The minimum absolute atomic E-state index is 0.0757. The molecule has 0 saturated heterocycles. The fourth-order valence-electron chi connectivity index (χ4n) is 1.99. The van der Waals surface area contributed by atoms with Crippen LogP contribution >= 0.6 is 15.9 Å². The zero-order valence-corrected chi connectivity index (χ0v) is 12.9. The van der Waals surface area contributed by atoms with Gasteiger partial charge in [-0.05, 0) is 33.6 Å². The minimum atomic E-state index is -3.62. The molecule has 0 radical (unpaired) electrons. The third-order valence-corrected chi connectivity index (χ3v) is 6.08. The lowest BCUT2D eigenvalue weighted by atomic mass is 10.1. The molecule has 0 N–H and O–H groups in total. The first-order chi connectivity index (χ1) is 9.57. The SMILES string of the molecule is N#CCC(c1ccccc1)S(=O)(=O)c1ccccc1Br. The van der Waals surface area contributed by atoms with Crippen LogP contribution in [0.1, 0.15) is 17.2 Å². The van der Waals surface area contributed by atoms with Crippen LogP contribution in [0.15, 0.2) is 64.0 Å². The quantitative estimate of drug-likeness (QED) is 0.841. The van der Waals surface area contributed by atoms with Crippen LogP contribution in [-0.4, -0.2) is 8.42 Å². The van der Waals surface area contributed by atoms with E-state index in [2.05, 4.69) is 15.9 Å². The molecule has 0 aliphatic carbocycles. The number of halogens is 1. The molecule has 3 nitrogen and oxygen atoms in total. The lowest BCUT2D eigenvalue weighted by Crippen LogP contribution is -2.14. The van der Waals surface area contributed by atoms with Gasteiger partial charge < -0.3 is 0 Å². The zero-order valence-electron chi connectivity index (χ0n) is 10.5. The molecular formula is C15H12BrNO2S. The van der Waals surface area contributed by atoms with E-state index in [-0.39, 0.29) is 11.3 Å². The van der Waals surface area contributed by atoms with E-state index in [1.54, 1.807) is 48.5 Å². The monoisotopic (exact) mass is 349 g/mol. The molecule has 2 aromatic rings. The number of hydrogen-bond acceptors (Lipinski definition) is 3. The first-order valence-electron chi connectivity index (χ1n) is 5.97. The summed E-state index contributed by atoms with van der Waals surface area (Å²) in [6.45, 7) is 0. The average molecular weight is 350 g/mol. The number of rotatable bonds is 4. The lowest BCUT2D eigenvalue weighted by molar-refractivity contribution is 0.582. The number of sulfone groups is 1. The number of nitriles is 1. The Morgan fingerprint density at radius 1 is 1.05 bits per heavy atom. The van der Waals surface area contributed by atoms with Gasteiger partial charge in [0.05, 0.1) is 17.4 Å². The van der Waals surface area contributed by atoms with Crippen LogP contribution in [0.5, 0.6) is 0 Å². The van der Waals surface area contributed by atoms with Crippen molar-refractivity contribution in [2.24, 2.45) is 0 Å². The second kappa shape index (κ2) is 6.21. The first-order valence-corrected chi connectivity index (χ1v) is 8.31. The van der Waals surface area contributed by atoms with Gasteiger partial charge in [0.2, 0.25) is 0 Å². The van der Waals surface area contributed by atoms with E-state index >= 15 is 0 Å². The molecule has 0 fully saturated rings. The molecule has 102 valence electrons. The molecule has 5 heteroatoms. The molecule has 20 heavy (non-hydrogen) atoms. The predicted octanol–water partition coefficient (Wildman–Crippen LogP) is 3.88. The van der Waals surface area contributed by atoms with Gasteiger partial charge in [-0.2, -0.15) is 5.26 Å². The summed E-state index contributed by atoms with van der Waals surface area (Å²) in [6.07, 6.45) is -0.0757. The second-order valence-electron chi connectivity index (χ2n) is 4.24. The number of nitrogens with zero attached hydrogens (tertiary/aromatic N) is 1. The van der Waals surface area contributed by atoms with Crippen LogP contribution in [0.4, 0.5) is 0 Å². The summed E-state index contributed by atoms with van der Waals surface area (Å²) in [6, 6.07) is 17.5. The van der Waals surface area contributed by atoms with Crippen LogP contribution in [-0.2, 0) is 9.84 Å². The van der Waals surface area contributed by atoms with Crippen molar-refractivity contribution >= 4 is 25.8 Å². The predicted molar refractivity (Wildman–Crippen MR) is 80.7 cm³/mol. The molecule has 2 rings (SSSR count). The topological polar surface area (TPSA) is 57.9 Å². The normalized spacial score (nSPS) is 12.6. The van der Waals surface area contributed by atoms with Gasteiger partial charge in [-0.3, -0.25) is 0 Å². The third kappa shape index (κ3) is 2.92. The van der Waals surface area contributed by atoms with E-state index < -0.39 is 15.1 Å². The highest BCUT2D eigenvalue weighted by atomic mass is 79.9. The van der Waals surface area contributed by atoms with Crippen LogP contribution in [0.3, 0.4) is 0 Å². The van der Waals surface area contributed by atoms with Crippen molar-refractivity contribution in [3.8, 4) is 6.07 Å². The number of hydrogen-bond donors (Lipinski definition) is 0. The summed E-state index contributed by atoms with van der Waals surface area (Å²) in [7, 11) is -3.62. The van der Waals surface area contributed by atoms with E-state index in [0.717, 1.165) is 0 Å². The summed E-state index contributed by atoms with van der Waals surface area (Å²) >= 11 is 3.26. The van der Waals surface area contributed by atoms with Gasteiger partial charge in [0.15, 0.2) is 9.84 Å². The maximum Gasteiger partial charge on any atom is 0.187 e. The van der Waals surface area contributed by atoms with E-state index in [9.17, 15) is 8.42 Å². The maximum atomic E-state index is 12.8. The van der Waals surface area contributed by atoms with Gasteiger partial charge in [-0.25, -0.2) is 8.42 Å². The fraction of sp³-hybridized carbons (Fsp3) is 0.133. The highest BCUT2D eigenvalue weighted by Gasteiger charge is 2.30. The van der Waals surface area contributed by atoms with Gasteiger partial charge in [0.1, 0.15) is 5.25 Å².